The van der Waals surface area contributed by atoms with Crippen LogP contribution in [-0.4, -0.2) is 27.2 Å². The van der Waals surface area contributed by atoms with Crippen LogP contribution in [0.2, 0.25) is 0 Å². The lowest BCUT2D eigenvalue weighted by Gasteiger charge is -2.27. The largest absolute Gasteiger partial charge is 0.493 e. The summed E-state index contributed by atoms with van der Waals surface area (Å²) < 4.78 is 6.86. The van der Waals surface area contributed by atoms with Crippen molar-refractivity contribution in [2.45, 2.75) is 25.4 Å². The summed E-state index contributed by atoms with van der Waals surface area (Å²) in [6.07, 6.45) is 3.06. The Kier molecular flexibility index (Phi) is 3.96. The van der Waals surface area contributed by atoms with Crippen molar-refractivity contribution in [3.63, 3.8) is 0 Å². The third-order valence-corrected chi connectivity index (χ3v) is 3.85. The average molecular weight is 316 g/mol. The molecule has 0 fully saturated rings. The summed E-state index contributed by atoms with van der Waals surface area (Å²) in [7, 11) is 0. The molecular weight excluding hydrogens is 300 g/mol. The summed E-state index contributed by atoms with van der Waals surface area (Å²) in [6, 6.07) is 6.79. The molecule has 0 radical (unpaired) electrons. The summed E-state index contributed by atoms with van der Waals surface area (Å²) in [5.74, 6) is 0.524. The number of aromatic nitrogens is 2. The fourth-order valence-electron chi connectivity index (χ4n) is 2.54. The molecular formula is C15H16N4O4. The predicted octanol–water partition coefficient (Wildman–Crippen LogP) is 1.99. The summed E-state index contributed by atoms with van der Waals surface area (Å²) in [5.41, 5.74) is 0.798. The maximum Gasteiger partial charge on any atom is 0.307 e. The molecule has 1 aromatic carbocycles. The summed E-state index contributed by atoms with van der Waals surface area (Å²) in [5, 5.41) is 17.5. The van der Waals surface area contributed by atoms with Crippen LogP contribution in [0.15, 0.2) is 36.7 Å². The lowest BCUT2D eigenvalue weighted by atomic mass is 10.0. The van der Waals surface area contributed by atoms with Gasteiger partial charge in [0, 0.05) is 12.0 Å². The Balaban J connectivity index is 1.73. The SMILES string of the molecule is C[C@H](C(=O)N[C@H]1CCOc2ccccc21)n1cc([N+](=O)[O-])cn1. The fourth-order valence-corrected chi connectivity index (χ4v) is 2.54. The highest BCUT2D eigenvalue weighted by atomic mass is 16.6. The van der Waals surface area contributed by atoms with E-state index in [0.717, 1.165) is 17.5 Å². The number of para-hydroxylation sites is 1. The first kappa shape index (κ1) is 15.0. The van der Waals surface area contributed by atoms with Gasteiger partial charge in [0.15, 0.2) is 0 Å². The summed E-state index contributed by atoms with van der Waals surface area (Å²) >= 11 is 0. The van der Waals surface area contributed by atoms with Crippen LogP contribution in [0.25, 0.3) is 0 Å². The van der Waals surface area contributed by atoms with Crippen molar-refractivity contribution in [1.82, 2.24) is 15.1 Å². The van der Waals surface area contributed by atoms with E-state index in [-0.39, 0.29) is 17.6 Å². The fraction of sp³-hybridized carbons (Fsp3) is 0.333. The number of fused-ring (bicyclic) bond motifs is 1. The van der Waals surface area contributed by atoms with E-state index in [4.69, 9.17) is 4.74 Å². The van der Waals surface area contributed by atoms with E-state index in [1.165, 1.54) is 10.9 Å². The summed E-state index contributed by atoms with van der Waals surface area (Å²) in [6.45, 7) is 2.18. The first-order chi connectivity index (χ1) is 11.1. The molecule has 0 saturated heterocycles. The van der Waals surface area contributed by atoms with Crippen LogP contribution in [0.1, 0.15) is 31.0 Å². The molecule has 1 aliphatic heterocycles. The van der Waals surface area contributed by atoms with E-state index in [9.17, 15) is 14.9 Å². The molecule has 0 unspecified atom stereocenters. The molecule has 1 aliphatic rings. The molecule has 0 saturated carbocycles. The topological polar surface area (TPSA) is 99.3 Å². The number of hydrogen-bond donors (Lipinski definition) is 1. The van der Waals surface area contributed by atoms with Gasteiger partial charge in [0.1, 0.15) is 24.2 Å². The Morgan fingerprint density at radius 2 is 2.30 bits per heavy atom. The predicted molar refractivity (Wildman–Crippen MR) is 81.0 cm³/mol. The van der Waals surface area contributed by atoms with Gasteiger partial charge in [0.2, 0.25) is 5.91 Å². The molecule has 0 bridgehead atoms. The molecule has 1 N–H and O–H groups in total. The normalized spacial score (nSPS) is 17.7. The van der Waals surface area contributed by atoms with Crippen molar-refractivity contribution in [2.75, 3.05) is 6.61 Å². The smallest absolute Gasteiger partial charge is 0.307 e. The first-order valence-electron chi connectivity index (χ1n) is 7.27. The zero-order valence-corrected chi connectivity index (χ0v) is 12.5. The molecule has 3 rings (SSSR count). The highest BCUT2D eigenvalue weighted by Crippen LogP contribution is 2.31. The molecule has 2 aromatic rings. The third kappa shape index (κ3) is 3.01. The number of amides is 1. The number of nitro groups is 1. The van der Waals surface area contributed by atoms with Crippen molar-refractivity contribution in [1.29, 1.82) is 0 Å². The van der Waals surface area contributed by atoms with Gasteiger partial charge >= 0.3 is 5.69 Å². The number of carbonyl (C=O) groups is 1. The van der Waals surface area contributed by atoms with Crippen LogP contribution < -0.4 is 10.1 Å². The van der Waals surface area contributed by atoms with E-state index < -0.39 is 11.0 Å². The lowest BCUT2D eigenvalue weighted by molar-refractivity contribution is -0.385. The number of benzene rings is 1. The third-order valence-electron chi connectivity index (χ3n) is 3.85. The van der Waals surface area contributed by atoms with Gasteiger partial charge in [-0.2, -0.15) is 5.10 Å². The van der Waals surface area contributed by atoms with Crippen LogP contribution in [0.5, 0.6) is 5.75 Å². The minimum Gasteiger partial charge on any atom is -0.493 e. The Morgan fingerprint density at radius 1 is 1.52 bits per heavy atom. The quantitative estimate of drug-likeness (QED) is 0.687. The molecule has 8 nitrogen and oxygen atoms in total. The van der Waals surface area contributed by atoms with E-state index in [2.05, 4.69) is 10.4 Å². The monoisotopic (exact) mass is 316 g/mol. The van der Waals surface area contributed by atoms with Crippen LogP contribution >= 0.6 is 0 Å². The Bertz CT molecular complexity index is 743. The van der Waals surface area contributed by atoms with Crippen LogP contribution in [0.3, 0.4) is 0 Å². The Labute approximate surface area is 132 Å². The zero-order valence-electron chi connectivity index (χ0n) is 12.5. The van der Waals surface area contributed by atoms with Gasteiger partial charge in [0.25, 0.3) is 0 Å². The van der Waals surface area contributed by atoms with Gasteiger partial charge in [-0.25, -0.2) is 0 Å². The molecule has 0 spiro atoms. The number of nitrogens with zero attached hydrogens (tertiary/aromatic N) is 3. The molecule has 120 valence electrons. The van der Waals surface area contributed by atoms with Crippen molar-refractivity contribution in [3.8, 4) is 5.75 Å². The Hall–Kier alpha value is -2.90. The molecule has 23 heavy (non-hydrogen) atoms. The lowest BCUT2D eigenvalue weighted by Crippen LogP contribution is -2.36. The maximum atomic E-state index is 12.4. The van der Waals surface area contributed by atoms with Gasteiger partial charge in [-0.05, 0) is 13.0 Å². The second-order valence-corrected chi connectivity index (χ2v) is 5.35. The van der Waals surface area contributed by atoms with Crippen molar-refractivity contribution in [3.05, 3.63) is 52.3 Å². The van der Waals surface area contributed by atoms with Crippen LogP contribution in [-0.2, 0) is 4.79 Å². The maximum absolute atomic E-state index is 12.4. The van der Waals surface area contributed by atoms with E-state index in [1.807, 2.05) is 24.3 Å². The molecule has 8 heteroatoms. The van der Waals surface area contributed by atoms with Gasteiger partial charge in [-0.1, -0.05) is 18.2 Å². The van der Waals surface area contributed by atoms with Crippen LogP contribution in [0, 0.1) is 10.1 Å². The number of nitrogens with one attached hydrogen (secondary N) is 1. The van der Waals surface area contributed by atoms with E-state index in [0.29, 0.717) is 13.0 Å². The van der Waals surface area contributed by atoms with Crippen molar-refractivity contribution in [2.24, 2.45) is 0 Å². The molecule has 0 aliphatic carbocycles. The standard InChI is InChI=1S/C15H16N4O4/c1-10(18-9-11(8-16-18)19(21)22)15(20)17-13-6-7-23-14-5-3-2-4-12(13)14/h2-5,8-10,13H,6-7H2,1H3,(H,17,20)/t10-,13+/m1/s1. The summed E-state index contributed by atoms with van der Waals surface area (Å²) in [4.78, 5) is 22.6. The zero-order chi connectivity index (χ0) is 16.4. The number of rotatable bonds is 4. The van der Waals surface area contributed by atoms with Crippen molar-refractivity contribution >= 4 is 11.6 Å². The highest BCUT2D eigenvalue weighted by Gasteiger charge is 2.26. The number of hydrogen-bond acceptors (Lipinski definition) is 5. The van der Waals surface area contributed by atoms with Crippen LogP contribution in [0.4, 0.5) is 5.69 Å². The minimum atomic E-state index is -0.640. The van der Waals surface area contributed by atoms with Gasteiger partial charge in [0.05, 0.1) is 17.6 Å². The van der Waals surface area contributed by atoms with Crippen molar-refractivity contribution < 1.29 is 14.5 Å². The van der Waals surface area contributed by atoms with Gasteiger partial charge < -0.3 is 10.1 Å². The average Bonchev–Trinajstić information content (AvgIpc) is 3.04. The number of carbonyl (C=O) groups excluding carboxylic acids is 1. The molecule has 2 heterocycles. The van der Waals surface area contributed by atoms with Gasteiger partial charge in [-0.15, -0.1) is 0 Å². The molecule has 1 aromatic heterocycles. The van der Waals surface area contributed by atoms with Gasteiger partial charge in [-0.3, -0.25) is 19.6 Å². The molecule has 1 amide bonds. The first-order valence-corrected chi connectivity index (χ1v) is 7.27. The van der Waals surface area contributed by atoms with E-state index >= 15 is 0 Å². The molecule has 2 atom stereocenters. The second kappa shape index (κ2) is 6.07. The highest BCUT2D eigenvalue weighted by molar-refractivity contribution is 5.80. The minimum absolute atomic E-state index is 0.138. The number of ether oxygens (including phenoxy) is 1. The second-order valence-electron chi connectivity index (χ2n) is 5.35. The van der Waals surface area contributed by atoms with E-state index in [1.54, 1.807) is 6.92 Å². The Morgan fingerprint density at radius 3 is 3.04 bits per heavy atom.